The summed E-state index contributed by atoms with van der Waals surface area (Å²) >= 11 is 31.3. The van der Waals surface area contributed by atoms with Crippen molar-refractivity contribution in [3.63, 3.8) is 0 Å². The number of aromatic nitrogens is 12. The van der Waals surface area contributed by atoms with Gasteiger partial charge in [0, 0.05) is 154 Å². The third-order valence-corrected chi connectivity index (χ3v) is 354. The number of anilines is 8. The molecule has 0 spiro atoms. The molecule has 0 saturated carbocycles. The van der Waals surface area contributed by atoms with Crippen LogP contribution in [-0.2, 0) is 33.2 Å². The molecule has 15 heterocycles. The molecule has 0 aromatic carbocycles. The molecule has 6 aromatic heterocycles. The number of ketones is 3. The molecule has 3 unspecified atom stereocenters. The molecule has 122 heavy (non-hydrogen) atoms. The van der Waals surface area contributed by atoms with Gasteiger partial charge in [0.25, 0.3) is 0 Å². The van der Waals surface area contributed by atoms with E-state index in [0.29, 0.717) is 157 Å². The molecular weight excluding hydrogens is 2520 g/mol. The summed E-state index contributed by atoms with van der Waals surface area (Å²) in [6.45, 7) is 27.6. The second-order valence-electron chi connectivity index (χ2n) is 32.9. The van der Waals surface area contributed by atoms with Gasteiger partial charge in [-0.15, -0.1) is 0 Å². The molecule has 680 valence electrons. The zero-order valence-electron chi connectivity index (χ0n) is 73.0. The molecule has 28 nitrogen and oxygen atoms in total. The first-order valence-corrected chi connectivity index (χ1v) is 87.8. The molecule has 9 aliphatic heterocycles. The molecular formula is C82H125BCl3I8N21O7. The number of H-pyrrole nitrogens is 3. The van der Waals surface area contributed by atoms with Gasteiger partial charge in [-0.2, -0.15) is 25.3 Å². The van der Waals surface area contributed by atoms with E-state index in [-0.39, 0.29) is 52.4 Å². The van der Waals surface area contributed by atoms with E-state index >= 15 is 0 Å². The summed E-state index contributed by atoms with van der Waals surface area (Å²) in [5.74, 6) is 7.19. The Kier molecular flexibility index (Phi) is 44.0. The molecule has 15 rings (SSSR count). The Labute approximate surface area is 800 Å². The van der Waals surface area contributed by atoms with Gasteiger partial charge in [-0.05, 0) is 176 Å². The van der Waals surface area contributed by atoms with Crippen molar-refractivity contribution in [3.8, 4) is 0 Å². The van der Waals surface area contributed by atoms with Gasteiger partial charge in [-0.3, -0.25) is 44.4 Å². The van der Waals surface area contributed by atoms with Crippen LogP contribution in [0.4, 0.5) is 46.8 Å². The first kappa shape index (κ1) is 104. The van der Waals surface area contributed by atoms with Crippen molar-refractivity contribution in [3.05, 3.63) is 92.6 Å². The molecule has 0 amide bonds. The van der Waals surface area contributed by atoms with Gasteiger partial charge >= 0.3 is 124 Å². The van der Waals surface area contributed by atoms with Crippen molar-refractivity contribution in [2.75, 3.05) is 79.7 Å². The second-order valence-corrected chi connectivity index (χ2v) is 180. The molecule has 7 N–H and O–H groups in total. The van der Waals surface area contributed by atoms with Crippen LogP contribution in [0.2, 0.25) is 15.6 Å². The van der Waals surface area contributed by atoms with Crippen LogP contribution < -0.4 is 31.1 Å². The Morgan fingerprint density at radius 2 is 0.885 bits per heavy atom. The summed E-state index contributed by atoms with van der Waals surface area (Å²) in [5, 5.41) is 34.8. The molecule has 0 radical (unpaired) electrons. The van der Waals surface area contributed by atoms with Gasteiger partial charge in [0.15, 0.2) is 17.5 Å². The third kappa shape index (κ3) is 31.6. The van der Waals surface area contributed by atoms with Crippen LogP contribution in [0, 0.1) is 20.8 Å². The molecule has 6 bridgehead atoms. The number of carbonyl (C=O) groups excluding carboxylic acids is 3. The van der Waals surface area contributed by atoms with Crippen LogP contribution in [0.3, 0.4) is 0 Å². The SMILES string of the molecule is CC.CC1(C)OB(C2=CCCO2)OC1(C)C.CCCC(=O)CN1[C@@H]2CCC[C@H]1CC(N(C)c1nc(Cl)cc(Nc3cc(C)[nH]n3)n1)C2.CCCC(=O)CN1[C@@H]2CCC[C@H]1CC(N(C)c1nc(Nc3cc(C)[nH]n3)cc(C3=CCCO3)n1)C2.CCCC(=O)CN1[C@@H]2CCC[C@H]1CC(NC)C2.Cc1cc(Nc2cc(Cl)nc(Cl)n2)n[nH]1.II(I)I(I)I(I)I. The number of aryl methyl sites for hydroxylation is 3. The summed E-state index contributed by atoms with van der Waals surface area (Å²) in [7, 11) is 4.96. The first-order valence-electron chi connectivity index (χ1n) is 42.7. The van der Waals surface area contributed by atoms with Gasteiger partial charge in [0.1, 0.15) is 62.2 Å². The summed E-state index contributed by atoms with van der Waals surface area (Å²) < 4.78 is 22.9. The molecule has 9 aliphatic rings. The first-order chi connectivity index (χ1) is 58.3. The number of hydrogen-bond acceptors (Lipinski definition) is 25. The van der Waals surface area contributed by atoms with Crippen LogP contribution >= 0.6 is 152 Å². The zero-order chi connectivity index (χ0) is 88.5. The van der Waals surface area contributed by atoms with Crippen LogP contribution in [0.5, 0.6) is 0 Å². The van der Waals surface area contributed by atoms with E-state index in [1.54, 1.807) is 12.1 Å². The van der Waals surface area contributed by atoms with Crippen LogP contribution in [0.25, 0.3) is 5.76 Å². The van der Waals surface area contributed by atoms with Gasteiger partial charge in [0.2, 0.25) is 17.2 Å². The van der Waals surface area contributed by atoms with E-state index < -0.39 is 0 Å². The molecule has 7 fully saturated rings. The number of aromatic amines is 3. The Morgan fingerprint density at radius 3 is 1.22 bits per heavy atom. The fourth-order valence-corrected chi connectivity index (χ4v) is 437. The van der Waals surface area contributed by atoms with Gasteiger partial charge in [0.05, 0.1) is 44.1 Å². The Bertz CT molecular complexity index is 4280. The van der Waals surface area contributed by atoms with Gasteiger partial charge in [-0.25, -0.2) is 19.9 Å². The molecule has 40 heteroatoms. The average molecular weight is 2650 g/mol. The number of Topliss-reactive ketones (excluding diaryl/α,β-unsaturated/α-hetero) is 3. The van der Waals surface area contributed by atoms with Crippen LogP contribution in [0.15, 0.2) is 54.2 Å². The number of halogens is 11. The average Bonchev–Trinajstić information content (AvgIpc) is 1.58. The van der Waals surface area contributed by atoms with Crippen molar-refractivity contribution in [1.29, 1.82) is 0 Å². The number of piperidine rings is 6. The summed E-state index contributed by atoms with van der Waals surface area (Å²) in [6.07, 6.45) is 28.5. The number of nitrogens with zero attached hydrogens (tertiary/aromatic N) is 14. The van der Waals surface area contributed by atoms with E-state index in [0.717, 1.165) is 137 Å². The Morgan fingerprint density at radius 1 is 0.516 bits per heavy atom. The van der Waals surface area contributed by atoms with Crippen molar-refractivity contribution in [2.45, 2.75) is 296 Å². The minimum absolute atomic E-state index is 0.0947. The summed E-state index contributed by atoms with van der Waals surface area (Å²) in [6, 6.07) is 15.3. The van der Waals surface area contributed by atoms with Crippen molar-refractivity contribution in [2.24, 2.45) is 0 Å². The van der Waals surface area contributed by atoms with Gasteiger partial charge < -0.3 is 49.8 Å². The Balaban J connectivity index is 0.000000176. The molecule has 7 saturated heterocycles. The number of hydrogen-bond donors (Lipinski definition) is 7. The second kappa shape index (κ2) is 51.5. The zero-order valence-corrected chi connectivity index (χ0v) is 92.5. The number of rotatable bonds is 27. The molecule has 6 aromatic rings. The summed E-state index contributed by atoms with van der Waals surface area (Å²) in [5.41, 5.74) is 3.98. The van der Waals surface area contributed by atoms with Crippen molar-refractivity contribution >= 4 is 229 Å². The topological polar surface area (TPSA) is 316 Å². The predicted octanol–water partition coefficient (Wildman–Crippen LogP) is 22.9. The Hall–Kier alpha value is -1.51. The number of nitrogens with one attached hydrogen (secondary N) is 7. The van der Waals surface area contributed by atoms with E-state index in [2.05, 4.69) is 225 Å². The maximum absolute atomic E-state index is 12.4. The fourth-order valence-electron chi connectivity index (χ4n) is 16.9. The maximum atomic E-state index is 12.4. The van der Waals surface area contributed by atoms with E-state index in [9.17, 15) is 14.4 Å². The number of fused-ring (bicyclic) bond motifs is 6. The molecule has 0 aliphatic carbocycles. The van der Waals surface area contributed by atoms with E-state index in [1.165, 1.54) is 44.9 Å². The monoisotopic (exact) mass is 2650 g/mol. The summed E-state index contributed by atoms with van der Waals surface area (Å²) in [4.78, 5) is 75.1. The van der Waals surface area contributed by atoms with Crippen molar-refractivity contribution < 1.29 is 33.2 Å². The number of carbonyl (C=O) groups is 3. The standard InChI is InChI=1S/C26H37N7O2.C22H32ClN7O.C14H26N2O.C10H17BO3.C8H7Cl2N5.C2H6.I8/c1-4-7-21(34)16-33-18-8-5-9-19(33)14-20(13-18)32(3)26-27-22(23-10-6-11-35-23)15-24(29-26)28-25-12-17(2)30-31-25;1-4-6-18(31)13-30-15-7-5-8-16(30)11-17(10-15)29(3)22-24-19(23)12-20(26-22)25-21-9-14(2)27-28-21;1-3-5-14(17)10-16-12-6-4-7-13(16)9-11(8-12)15-2;1-9(2)10(3,4)14-11(13-9)8-6-5-7-12-8;1-4-2-7(15-14-4)12-6-3-5(9)11-8(10)13-6;1-2;1-6(2)8(5)7(3)4/h10,12,15,18-20H,4-9,11,13-14,16H2,1-3H3,(H2,27,28,29,30,31);9,12,15-17H,4-8,10-11,13H2,1-3H3,(H2,24,25,26,27,28);11-13,15H,3-10H2,1-2H3;6H,5,7H2,1-4H3;2-3H,1H3,(H2,11,12,13,14,15);1-2H3;/t18-,19+,20?;15-,16+,17?;11?,12-,13+;;;;. The van der Waals surface area contributed by atoms with Crippen molar-refractivity contribution in [1.82, 2.24) is 80.5 Å². The van der Waals surface area contributed by atoms with Crippen LogP contribution in [-0.4, -0.2) is 219 Å². The quantitative estimate of drug-likeness (QED) is 0.0109. The normalized spacial score (nSPS) is 23.2. The fraction of sp³-hybridized carbons (Fsp3) is 0.659. The van der Waals surface area contributed by atoms with Gasteiger partial charge in [-0.1, -0.05) is 77.1 Å². The third-order valence-electron chi connectivity index (χ3n) is 23.4. The molecule has 9 atom stereocenters. The van der Waals surface area contributed by atoms with E-state index in [4.69, 9.17) is 68.5 Å². The number of ether oxygens (including phenoxy) is 2. The van der Waals surface area contributed by atoms with E-state index in [1.807, 2.05) is 99.7 Å². The minimum atomic E-state index is -0.334. The van der Waals surface area contributed by atoms with Crippen LogP contribution in [0.1, 0.15) is 233 Å². The predicted molar refractivity (Wildman–Crippen MR) is 567 cm³/mol.